The molecule has 0 spiro atoms. The molecule has 2 unspecified atom stereocenters. The van der Waals surface area contributed by atoms with Gasteiger partial charge in [-0.2, -0.15) is 0 Å². The maximum absolute atomic E-state index is 12.5. The van der Waals surface area contributed by atoms with E-state index in [4.69, 9.17) is 18.9 Å². The second-order valence-corrected chi connectivity index (χ2v) is 8.21. The Balaban J connectivity index is 1.29. The van der Waals surface area contributed by atoms with E-state index < -0.39 is 30.6 Å². The van der Waals surface area contributed by atoms with Crippen LogP contribution in [0.15, 0.2) is 42.5 Å². The average Bonchev–Trinajstić information content (AvgIpc) is 3.23. The molecule has 1 aromatic carbocycles. The smallest absolute Gasteiger partial charge is 0.464 e. The van der Waals surface area contributed by atoms with Gasteiger partial charge >= 0.3 is 12.1 Å². The molecule has 8 heteroatoms. The molecule has 1 fully saturated rings. The van der Waals surface area contributed by atoms with Gasteiger partial charge in [0, 0.05) is 26.0 Å². The van der Waals surface area contributed by atoms with Crippen LogP contribution in [0.3, 0.4) is 0 Å². The summed E-state index contributed by atoms with van der Waals surface area (Å²) in [6, 6.07) is 12.9. The predicted molar refractivity (Wildman–Crippen MR) is 114 cm³/mol. The molecule has 2 aliphatic rings. The van der Waals surface area contributed by atoms with Crippen molar-refractivity contribution in [1.29, 1.82) is 0 Å². The summed E-state index contributed by atoms with van der Waals surface area (Å²) in [5, 5.41) is 10.7. The molecule has 3 atom stereocenters. The van der Waals surface area contributed by atoms with Crippen molar-refractivity contribution in [1.82, 2.24) is 4.57 Å². The first kappa shape index (κ1) is 22.2. The van der Waals surface area contributed by atoms with Gasteiger partial charge < -0.3 is 28.6 Å². The predicted octanol–water partition coefficient (Wildman–Crippen LogP) is 4.10. The minimum absolute atomic E-state index is 0.131. The number of aliphatic hydroxyl groups excluding tert-OH is 1. The molecule has 172 valence electrons. The highest BCUT2D eigenvalue weighted by Crippen LogP contribution is 2.31. The van der Waals surface area contributed by atoms with Gasteiger partial charge in [-0.25, -0.2) is 9.59 Å². The van der Waals surface area contributed by atoms with Crippen LogP contribution in [-0.4, -0.2) is 40.3 Å². The van der Waals surface area contributed by atoms with E-state index in [1.54, 1.807) is 12.1 Å². The number of hydrogen-bond donors (Lipinski definition) is 1. The third-order valence-electron chi connectivity index (χ3n) is 5.87. The van der Waals surface area contributed by atoms with Crippen LogP contribution in [0.4, 0.5) is 4.79 Å². The summed E-state index contributed by atoms with van der Waals surface area (Å²) in [6.45, 7) is 1.96. The maximum atomic E-state index is 12.5. The number of ether oxygens (including phenoxy) is 4. The summed E-state index contributed by atoms with van der Waals surface area (Å²) in [5.41, 5.74) is 1.47. The second-order valence-electron chi connectivity index (χ2n) is 8.21. The summed E-state index contributed by atoms with van der Waals surface area (Å²) in [6.07, 6.45) is 1.62. The Hall–Kier alpha value is -3.00. The number of fused-ring (bicyclic) bond motifs is 1. The van der Waals surface area contributed by atoms with Crippen molar-refractivity contribution in [2.45, 2.75) is 76.6 Å². The van der Waals surface area contributed by atoms with E-state index in [1.807, 2.05) is 34.9 Å². The highest BCUT2D eigenvalue weighted by atomic mass is 16.8. The van der Waals surface area contributed by atoms with Crippen LogP contribution in [0.1, 0.15) is 62.8 Å². The fourth-order valence-electron chi connectivity index (χ4n) is 4.21. The van der Waals surface area contributed by atoms with Crippen LogP contribution in [0.2, 0.25) is 0 Å². The average molecular weight is 443 g/mol. The molecule has 0 bridgehead atoms. The Labute approximate surface area is 187 Å². The molecule has 1 aliphatic heterocycles. The van der Waals surface area contributed by atoms with E-state index in [1.165, 1.54) is 6.92 Å². The molecule has 1 aliphatic carbocycles. The number of carbonyl (C=O) groups is 2. The van der Waals surface area contributed by atoms with Gasteiger partial charge in [0.2, 0.25) is 6.29 Å². The highest BCUT2D eigenvalue weighted by molar-refractivity contribution is 5.75. The van der Waals surface area contributed by atoms with Gasteiger partial charge in [0.25, 0.3) is 0 Å². The van der Waals surface area contributed by atoms with Crippen molar-refractivity contribution in [3.8, 4) is 5.88 Å². The Morgan fingerprint density at radius 3 is 2.53 bits per heavy atom. The number of nitrogens with zero attached hydrogens (tertiary/aromatic N) is 1. The largest absolute Gasteiger partial charge is 0.511 e. The van der Waals surface area contributed by atoms with Crippen LogP contribution in [0.5, 0.6) is 5.88 Å². The fraction of sp³-hybridized carbons (Fsp3) is 0.500. The van der Waals surface area contributed by atoms with Crippen molar-refractivity contribution < 1.29 is 33.6 Å². The molecule has 1 N–H and O–H groups in total. The van der Waals surface area contributed by atoms with E-state index in [0.29, 0.717) is 24.5 Å². The SMILES string of the molecule is CC(OC(=O)OC1CCCCC1)OC(=O)[C@H]1CCn2c(ccc2C(O)c2ccccc2)O1. The molecule has 1 aromatic heterocycles. The van der Waals surface area contributed by atoms with Gasteiger partial charge in [-0.15, -0.1) is 0 Å². The lowest BCUT2D eigenvalue weighted by atomic mass is 9.98. The molecular formula is C24H29NO7. The summed E-state index contributed by atoms with van der Waals surface area (Å²) >= 11 is 0. The minimum atomic E-state index is -1.08. The highest BCUT2D eigenvalue weighted by Gasteiger charge is 2.32. The van der Waals surface area contributed by atoms with Crippen molar-refractivity contribution >= 4 is 12.1 Å². The Morgan fingerprint density at radius 2 is 1.78 bits per heavy atom. The van der Waals surface area contributed by atoms with Crippen LogP contribution >= 0.6 is 0 Å². The molecule has 0 saturated heterocycles. The summed E-state index contributed by atoms with van der Waals surface area (Å²) in [4.78, 5) is 24.4. The van der Waals surface area contributed by atoms with Crippen molar-refractivity contribution in [3.05, 3.63) is 53.7 Å². The summed E-state index contributed by atoms with van der Waals surface area (Å²) < 4.78 is 23.2. The first-order valence-electron chi connectivity index (χ1n) is 11.2. The quantitative estimate of drug-likeness (QED) is 0.530. The van der Waals surface area contributed by atoms with Crippen molar-refractivity contribution in [2.75, 3.05) is 0 Å². The molecule has 2 aromatic rings. The maximum Gasteiger partial charge on any atom is 0.511 e. The number of aromatic nitrogens is 1. The van der Waals surface area contributed by atoms with Crippen LogP contribution in [-0.2, 0) is 25.5 Å². The second kappa shape index (κ2) is 10.1. The molecule has 32 heavy (non-hydrogen) atoms. The fourth-order valence-corrected chi connectivity index (χ4v) is 4.21. The third-order valence-corrected chi connectivity index (χ3v) is 5.87. The number of aliphatic hydroxyl groups is 1. The lowest BCUT2D eigenvalue weighted by Crippen LogP contribution is -2.37. The molecule has 0 radical (unpaired) electrons. The standard InChI is InChI=1S/C24H29NO7/c1-16(30-24(28)31-18-10-6-3-7-11-18)29-23(27)20-14-15-25-19(12-13-21(25)32-20)22(26)17-8-4-2-5-9-17/h2,4-5,8-9,12-13,16,18,20,22,26H,3,6-7,10-11,14-15H2,1H3/t16?,20-,22?/m1/s1. The van der Waals surface area contributed by atoms with E-state index in [0.717, 1.165) is 37.7 Å². The third kappa shape index (κ3) is 5.24. The number of carbonyl (C=O) groups excluding carboxylic acids is 2. The van der Waals surface area contributed by atoms with Gasteiger partial charge in [-0.3, -0.25) is 0 Å². The molecule has 1 saturated carbocycles. The molecule has 0 amide bonds. The van der Waals surface area contributed by atoms with Crippen LogP contribution < -0.4 is 4.74 Å². The number of hydrogen-bond acceptors (Lipinski definition) is 7. The normalized spacial score (nSPS) is 20.4. The first-order valence-corrected chi connectivity index (χ1v) is 11.2. The molecule has 4 rings (SSSR count). The molecular weight excluding hydrogens is 414 g/mol. The minimum Gasteiger partial charge on any atom is -0.464 e. The van der Waals surface area contributed by atoms with E-state index >= 15 is 0 Å². The zero-order valence-corrected chi connectivity index (χ0v) is 18.1. The van der Waals surface area contributed by atoms with E-state index in [2.05, 4.69) is 0 Å². The van der Waals surface area contributed by atoms with Gasteiger partial charge in [0.1, 0.15) is 12.2 Å². The Morgan fingerprint density at radius 1 is 1.03 bits per heavy atom. The monoisotopic (exact) mass is 443 g/mol. The van der Waals surface area contributed by atoms with Crippen molar-refractivity contribution in [3.63, 3.8) is 0 Å². The molecule has 8 nitrogen and oxygen atoms in total. The summed E-state index contributed by atoms with van der Waals surface area (Å²) in [7, 11) is 0. The van der Waals surface area contributed by atoms with E-state index in [9.17, 15) is 14.7 Å². The van der Waals surface area contributed by atoms with Crippen LogP contribution in [0, 0.1) is 0 Å². The zero-order chi connectivity index (χ0) is 22.5. The number of esters is 1. The van der Waals surface area contributed by atoms with Crippen LogP contribution in [0.25, 0.3) is 0 Å². The zero-order valence-electron chi connectivity index (χ0n) is 18.1. The Kier molecular flexibility index (Phi) is 6.99. The van der Waals surface area contributed by atoms with E-state index in [-0.39, 0.29) is 6.10 Å². The van der Waals surface area contributed by atoms with Crippen molar-refractivity contribution in [2.24, 2.45) is 0 Å². The van der Waals surface area contributed by atoms with Gasteiger partial charge in [-0.05, 0) is 37.3 Å². The van der Waals surface area contributed by atoms with Gasteiger partial charge in [-0.1, -0.05) is 36.8 Å². The lowest BCUT2D eigenvalue weighted by molar-refractivity contribution is -0.178. The lowest BCUT2D eigenvalue weighted by Gasteiger charge is -2.27. The topological polar surface area (TPSA) is 96.2 Å². The first-order chi connectivity index (χ1) is 15.5. The number of benzene rings is 1. The number of rotatable bonds is 6. The van der Waals surface area contributed by atoms with Gasteiger partial charge in [0.15, 0.2) is 12.0 Å². The Bertz CT molecular complexity index is 920. The molecule has 2 heterocycles. The summed E-state index contributed by atoms with van der Waals surface area (Å²) in [5.74, 6) is -0.131. The van der Waals surface area contributed by atoms with Gasteiger partial charge in [0.05, 0.1) is 5.69 Å².